The van der Waals surface area contributed by atoms with Crippen molar-refractivity contribution in [2.45, 2.75) is 32.2 Å². The van der Waals surface area contributed by atoms with Gasteiger partial charge in [0.05, 0.1) is 32.4 Å². The van der Waals surface area contributed by atoms with E-state index in [0.29, 0.717) is 42.4 Å². The molecule has 208 valence electrons. The number of imidazole rings is 1. The van der Waals surface area contributed by atoms with Crippen LogP contribution in [0.5, 0.6) is 17.2 Å². The van der Waals surface area contributed by atoms with Gasteiger partial charge in [-0.25, -0.2) is 4.98 Å². The van der Waals surface area contributed by atoms with Gasteiger partial charge in [0.15, 0.2) is 11.5 Å². The minimum Gasteiger partial charge on any atom is -0.493 e. The van der Waals surface area contributed by atoms with Crippen molar-refractivity contribution in [2.75, 3.05) is 41.0 Å². The Morgan fingerprint density at radius 1 is 0.974 bits per heavy atom. The molecule has 0 aliphatic carbocycles. The first-order valence-electron chi connectivity index (χ1n) is 13.0. The third kappa shape index (κ3) is 7.40. The number of hydrogen-bond acceptors (Lipinski definition) is 6. The summed E-state index contributed by atoms with van der Waals surface area (Å²) in [6.07, 6.45) is 6.74. The maximum atomic E-state index is 13.0. The number of para-hydroxylation sites is 2. The second-order valence-electron chi connectivity index (χ2n) is 8.96. The standard InChI is InChI=1S/C30H38N4O5/c1-6-17-33(18-7-2)28(35)21-34-24-14-11-10-13-23(24)32-27(34)15-9-8-12-16-31-30(36)22-19-25(37-3)29(39-5)26(20-22)38-4/h6-7,10-11,13-14,19-20H,1-2,8-9,12,15-18,21H2,3-5H3,(H,31,36). The molecule has 0 bridgehead atoms. The van der Waals surface area contributed by atoms with Crippen LogP contribution in [-0.2, 0) is 17.8 Å². The molecular weight excluding hydrogens is 496 g/mol. The van der Waals surface area contributed by atoms with Crippen molar-refractivity contribution in [3.63, 3.8) is 0 Å². The van der Waals surface area contributed by atoms with Crippen LogP contribution in [0.1, 0.15) is 35.4 Å². The van der Waals surface area contributed by atoms with Crippen molar-refractivity contribution in [3.8, 4) is 17.2 Å². The summed E-state index contributed by atoms with van der Waals surface area (Å²) in [6, 6.07) is 11.1. The number of ether oxygens (including phenoxy) is 3. The fraction of sp³-hybridized carbons (Fsp3) is 0.367. The molecule has 0 saturated carbocycles. The zero-order valence-corrected chi connectivity index (χ0v) is 23.1. The number of carbonyl (C=O) groups excluding carboxylic acids is 2. The van der Waals surface area contributed by atoms with Gasteiger partial charge in [0.1, 0.15) is 12.4 Å². The van der Waals surface area contributed by atoms with Gasteiger partial charge in [-0.15, -0.1) is 13.2 Å². The largest absolute Gasteiger partial charge is 0.493 e. The molecule has 1 aromatic heterocycles. The number of methoxy groups -OCH3 is 3. The van der Waals surface area contributed by atoms with E-state index in [1.54, 1.807) is 29.2 Å². The van der Waals surface area contributed by atoms with E-state index in [2.05, 4.69) is 18.5 Å². The van der Waals surface area contributed by atoms with Gasteiger partial charge in [0.25, 0.3) is 5.91 Å². The molecule has 39 heavy (non-hydrogen) atoms. The highest BCUT2D eigenvalue weighted by molar-refractivity contribution is 5.95. The van der Waals surface area contributed by atoms with Crippen molar-refractivity contribution in [1.82, 2.24) is 19.8 Å². The van der Waals surface area contributed by atoms with Crippen LogP contribution in [0.4, 0.5) is 0 Å². The lowest BCUT2D eigenvalue weighted by Gasteiger charge is -2.20. The van der Waals surface area contributed by atoms with Gasteiger partial charge < -0.3 is 29.0 Å². The average Bonchev–Trinajstić information content (AvgIpc) is 3.30. The molecule has 2 amide bonds. The van der Waals surface area contributed by atoms with E-state index in [-0.39, 0.29) is 18.4 Å². The summed E-state index contributed by atoms with van der Waals surface area (Å²) in [6.45, 7) is 9.19. The molecule has 2 aromatic carbocycles. The van der Waals surface area contributed by atoms with E-state index in [1.165, 1.54) is 21.3 Å². The predicted molar refractivity (Wildman–Crippen MR) is 153 cm³/mol. The topological polar surface area (TPSA) is 94.9 Å². The lowest BCUT2D eigenvalue weighted by Crippen LogP contribution is -2.34. The van der Waals surface area contributed by atoms with Gasteiger partial charge in [-0.3, -0.25) is 9.59 Å². The molecular formula is C30H38N4O5. The van der Waals surface area contributed by atoms with E-state index in [4.69, 9.17) is 19.2 Å². The van der Waals surface area contributed by atoms with E-state index >= 15 is 0 Å². The van der Waals surface area contributed by atoms with Crippen LogP contribution in [0.2, 0.25) is 0 Å². The highest BCUT2D eigenvalue weighted by Gasteiger charge is 2.18. The molecule has 0 fully saturated rings. The quantitative estimate of drug-likeness (QED) is 0.216. The number of nitrogens with zero attached hydrogens (tertiary/aromatic N) is 3. The third-order valence-electron chi connectivity index (χ3n) is 6.37. The maximum Gasteiger partial charge on any atom is 0.251 e. The monoisotopic (exact) mass is 534 g/mol. The Kier molecular flexibility index (Phi) is 11.0. The number of fused-ring (bicyclic) bond motifs is 1. The van der Waals surface area contributed by atoms with Crippen molar-refractivity contribution in [2.24, 2.45) is 0 Å². The molecule has 9 heteroatoms. The Labute approximate surface area is 230 Å². The van der Waals surface area contributed by atoms with Crippen LogP contribution >= 0.6 is 0 Å². The van der Waals surface area contributed by atoms with Gasteiger partial charge in [-0.2, -0.15) is 0 Å². The summed E-state index contributed by atoms with van der Waals surface area (Å²) in [7, 11) is 4.55. The Morgan fingerprint density at radius 2 is 1.64 bits per heavy atom. The average molecular weight is 535 g/mol. The highest BCUT2D eigenvalue weighted by Crippen LogP contribution is 2.38. The molecule has 0 aliphatic rings. The molecule has 3 rings (SSSR count). The van der Waals surface area contributed by atoms with Gasteiger partial charge >= 0.3 is 0 Å². The normalized spacial score (nSPS) is 10.6. The van der Waals surface area contributed by atoms with Gasteiger partial charge in [-0.1, -0.05) is 30.7 Å². The van der Waals surface area contributed by atoms with Crippen LogP contribution in [0, 0.1) is 0 Å². The Bertz CT molecular complexity index is 1260. The number of carbonyl (C=O) groups is 2. The van der Waals surface area contributed by atoms with Gasteiger partial charge in [0.2, 0.25) is 11.7 Å². The summed E-state index contributed by atoms with van der Waals surface area (Å²) in [5.74, 6) is 1.97. The second-order valence-corrected chi connectivity index (χ2v) is 8.96. The minimum atomic E-state index is -0.210. The molecule has 0 saturated heterocycles. The van der Waals surface area contributed by atoms with Crippen LogP contribution in [0.15, 0.2) is 61.7 Å². The number of aryl methyl sites for hydroxylation is 1. The third-order valence-corrected chi connectivity index (χ3v) is 6.37. The number of hydrogen-bond donors (Lipinski definition) is 1. The second kappa shape index (κ2) is 14.6. The predicted octanol–water partition coefficient (Wildman–Crippen LogP) is 4.41. The molecule has 1 N–H and O–H groups in total. The van der Waals surface area contributed by atoms with Crippen LogP contribution in [0.3, 0.4) is 0 Å². The molecule has 0 spiro atoms. The molecule has 0 radical (unpaired) electrons. The molecule has 9 nitrogen and oxygen atoms in total. The lowest BCUT2D eigenvalue weighted by molar-refractivity contribution is -0.130. The van der Waals surface area contributed by atoms with E-state index in [9.17, 15) is 9.59 Å². The minimum absolute atomic E-state index is 0.00583. The smallest absolute Gasteiger partial charge is 0.251 e. The van der Waals surface area contributed by atoms with Crippen molar-refractivity contribution < 1.29 is 23.8 Å². The number of rotatable bonds is 16. The summed E-state index contributed by atoms with van der Waals surface area (Å²) < 4.78 is 18.0. The Morgan fingerprint density at radius 3 is 2.26 bits per heavy atom. The van der Waals surface area contributed by atoms with Crippen molar-refractivity contribution >= 4 is 22.8 Å². The zero-order chi connectivity index (χ0) is 28.2. The van der Waals surface area contributed by atoms with Crippen LogP contribution in [0.25, 0.3) is 11.0 Å². The molecule has 0 atom stereocenters. The summed E-state index contributed by atoms with van der Waals surface area (Å²) >= 11 is 0. The number of benzene rings is 2. The molecule has 3 aromatic rings. The number of aromatic nitrogens is 2. The van der Waals surface area contributed by atoms with Crippen molar-refractivity contribution in [1.29, 1.82) is 0 Å². The first kappa shape index (κ1) is 29.3. The molecule has 0 aliphatic heterocycles. The van der Waals surface area contributed by atoms with Gasteiger partial charge in [-0.05, 0) is 37.1 Å². The fourth-order valence-corrected chi connectivity index (χ4v) is 4.42. The SMILES string of the molecule is C=CCN(CC=C)C(=O)Cn1c(CCCCCNC(=O)c2cc(OC)c(OC)c(OC)c2)nc2ccccc21. The van der Waals surface area contributed by atoms with Crippen LogP contribution < -0.4 is 19.5 Å². The summed E-state index contributed by atoms with van der Waals surface area (Å²) in [4.78, 5) is 32.2. The Hall–Kier alpha value is -4.27. The lowest BCUT2D eigenvalue weighted by atomic mass is 10.1. The summed E-state index contributed by atoms with van der Waals surface area (Å²) in [5, 5.41) is 2.96. The highest BCUT2D eigenvalue weighted by atomic mass is 16.5. The van der Waals surface area contributed by atoms with E-state index in [1.807, 2.05) is 28.8 Å². The number of unbranched alkanes of at least 4 members (excludes halogenated alkanes) is 2. The number of amides is 2. The number of nitrogens with one attached hydrogen (secondary N) is 1. The van der Waals surface area contributed by atoms with E-state index in [0.717, 1.165) is 42.5 Å². The molecule has 0 unspecified atom stereocenters. The van der Waals surface area contributed by atoms with Crippen molar-refractivity contribution in [3.05, 3.63) is 73.1 Å². The van der Waals surface area contributed by atoms with E-state index < -0.39 is 0 Å². The van der Waals surface area contributed by atoms with Crippen LogP contribution in [-0.4, -0.2) is 67.2 Å². The van der Waals surface area contributed by atoms with Gasteiger partial charge in [0, 0.05) is 31.6 Å². The maximum absolute atomic E-state index is 13.0. The Balaban J connectivity index is 1.57. The first-order valence-corrected chi connectivity index (χ1v) is 13.0. The summed E-state index contributed by atoms with van der Waals surface area (Å²) in [5.41, 5.74) is 2.25. The first-order chi connectivity index (χ1) is 19.0. The molecule has 1 heterocycles. The zero-order valence-electron chi connectivity index (χ0n) is 23.1. The fourth-order valence-electron chi connectivity index (χ4n) is 4.42.